The van der Waals surface area contributed by atoms with Crippen LogP contribution < -0.4 is 5.73 Å². The Hall–Kier alpha value is -2.79. The van der Waals surface area contributed by atoms with Gasteiger partial charge in [-0.3, -0.25) is 9.69 Å². The molecule has 174 valence electrons. The van der Waals surface area contributed by atoms with E-state index in [1.54, 1.807) is 29.2 Å². The average Bonchev–Trinajstić information content (AvgIpc) is 2.72. The Kier molecular flexibility index (Phi) is 6.43. The molecule has 0 atom stereocenters. The Labute approximate surface area is 180 Å². The fourth-order valence-corrected chi connectivity index (χ4v) is 3.56. The first kappa shape index (κ1) is 23.9. The number of rotatable bonds is 4. The second kappa shape index (κ2) is 8.62. The van der Waals surface area contributed by atoms with Crippen LogP contribution in [0.25, 0.3) is 0 Å². The van der Waals surface area contributed by atoms with Crippen molar-refractivity contribution in [1.82, 2.24) is 9.80 Å². The number of benzene rings is 2. The molecule has 0 spiro atoms. The van der Waals surface area contributed by atoms with Gasteiger partial charge < -0.3 is 15.7 Å². The fraction of sp³-hybridized carbons (Fsp3) is 0.381. The van der Waals surface area contributed by atoms with Crippen LogP contribution in [0.4, 0.5) is 32.0 Å². The largest absolute Gasteiger partial charge is 0.430 e. The molecule has 1 fully saturated rings. The predicted molar refractivity (Wildman–Crippen MR) is 104 cm³/mol. The lowest BCUT2D eigenvalue weighted by Gasteiger charge is -2.35. The van der Waals surface area contributed by atoms with Gasteiger partial charge in [0.25, 0.3) is 11.5 Å². The van der Waals surface area contributed by atoms with Crippen molar-refractivity contribution < 1.29 is 36.2 Å². The average molecular weight is 461 g/mol. The third kappa shape index (κ3) is 4.68. The Morgan fingerprint density at radius 1 is 0.906 bits per heavy atom. The minimum absolute atomic E-state index is 0.0730. The van der Waals surface area contributed by atoms with Gasteiger partial charge in [-0.25, -0.2) is 0 Å². The fourth-order valence-electron chi connectivity index (χ4n) is 3.56. The maximum absolute atomic E-state index is 13.1. The van der Waals surface area contributed by atoms with Crippen LogP contribution in [0.3, 0.4) is 0 Å². The van der Waals surface area contributed by atoms with Crippen LogP contribution in [0.1, 0.15) is 21.5 Å². The molecule has 0 saturated carbocycles. The first-order valence-electron chi connectivity index (χ1n) is 9.65. The third-order valence-electron chi connectivity index (χ3n) is 5.39. The molecule has 5 nitrogen and oxygen atoms in total. The zero-order chi connectivity index (χ0) is 23.7. The Morgan fingerprint density at radius 2 is 1.47 bits per heavy atom. The van der Waals surface area contributed by atoms with Gasteiger partial charge in [-0.05, 0) is 29.8 Å². The lowest BCUT2D eigenvalue weighted by Crippen LogP contribution is -2.54. The number of alkyl halides is 6. The highest BCUT2D eigenvalue weighted by Crippen LogP contribution is 2.50. The van der Waals surface area contributed by atoms with Crippen molar-refractivity contribution in [2.45, 2.75) is 24.5 Å². The molecule has 0 aliphatic carbocycles. The zero-order valence-electron chi connectivity index (χ0n) is 16.7. The maximum Gasteiger partial charge on any atom is 0.430 e. The summed E-state index contributed by atoms with van der Waals surface area (Å²) in [5.41, 5.74) is 0.550. The van der Waals surface area contributed by atoms with E-state index in [9.17, 15) is 36.2 Å². The van der Waals surface area contributed by atoms with Gasteiger partial charge in [0.1, 0.15) is 0 Å². The van der Waals surface area contributed by atoms with Crippen LogP contribution in [0, 0.1) is 0 Å². The van der Waals surface area contributed by atoms with Crippen molar-refractivity contribution in [2.24, 2.45) is 0 Å². The standard InChI is InChI=1S/C21H21F6N3O2/c22-20(23,24)19(32,21(25,26)27)16-3-1-2-14(12-16)13-29-8-10-30(11-9-29)18(31)15-4-6-17(28)7-5-15/h1-7,12,32H,8-11,13,28H2. The third-order valence-corrected chi connectivity index (χ3v) is 5.39. The molecule has 2 aromatic carbocycles. The monoisotopic (exact) mass is 461 g/mol. The number of carbonyl (C=O) groups is 1. The van der Waals surface area contributed by atoms with Crippen LogP contribution >= 0.6 is 0 Å². The van der Waals surface area contributed by atoms with E-state index in [2.05, 4.69) is 0 Å². The summed E-state index contributed by atoms with van der Waals surface area (Å²) in [6, 6.07) is 10.2. The van der Waals surface area contributed by atoms with Crippen LogP contribution in [0.2, 0.25) is 0 Å². The molecule has 1 saturated heterocycles. The molecule has 1 aliphatic rings. The molecule has 1 amide bonds. The zero-order valence-corrected chi connectivity index (χ0v) is 16.7. The summed E-state index contributed by atoms with van der Waals surface area (Å²) in [5, 5.41) is 9.59. The highest BCUT2D eigenvalue weighted by atomic mass is 19.4. The summed E-state index contributed by atoms with van der Waals surface area (Å²) >= 11 is 0. The van der Waals surface area contributed by atoms with Gasteiger partial charge in [0, 0.05) is 49.5 Å². The molecule has 0 bridgehead atoms. The second-order valence-electron chi connectivity index (χ2n) is 7.60. The molecule has 2 aromatic rings. The molecule has 0 radical (unpaired) electrons. The van der Waals surface area contributed by atoms with Crippen molar-refractivity contribution in [3.8, 4) is 0 Å². The van der Waals surface area contributed by atoms with Gasteiger partial charge in [0.15, 0.2) is 0 Å². The summed E-state index contributed by atoms with van der Waals surface area (Å²) in [4.78, 5) is 16.0. The minimum Gasteiger partial charge on any atom is -0.399 e. The molecule has 3 rings (SSSR count). The SMILES string of the molecule is Nc1ccc(C(=O)N2CCN(Cc3cccc(C(O)(C(F)(F)F)C(F)(F)F)c3)CC2)cc1. The molecule has 0 unspecified atom stereocenters. The van der Waals surface area contributed by atoms with Crippen molar-refractivity contribution in [2.75, 3.05) is 31.9 Å². The van der Waals surface area contributed by atoms with Crippen LogP contribution in [-0.2, 0) is 12.1 Å². The first-order chi connectivity index (χ1) is 14.8. The number of nitrogens with two attached hydrogens (primary N) is 1. The van der Waals surface area contributed by atoms with Crippen molar-refractivity contribution >= 4 is 11.6 Å². The van der Waals surface area contributed by atoms with E-state index in [1.807, 2.05) is 4.90 Å². The quantitative estimate of drug-likeness (QED) is 0.540. The number of piperazine rings is 1. The Bertz CT molecular complexity index is 937. The van der Waals surface area contributed by atoms with Gasteiger partial charge in [0.2, 0.25) is 0 Å². The van der Waals surface area contributed by atoms with Crippen LogP contribution in [-0.4, -0.2) is 59.3 Å². The van der Waals surface area contributed by atoms with E-state index >= 15 is 0 Å². The molecule has 1 aliphatic heterocycles. The topological polar surface area (TPSA) is 69.8 Å². The number of amides is 1. The van der Waals surface area contributed by atoms with Crippen LogP contribution in [0.15, 0.2) is 48.5 Å². The Balaban J connectivity index is 1.68. The molecule has 3 N–H and O–H groups in total. The van der Waals surface area contributed by atoms with Crippen molar-refractivity contribution in [3.63, 3.8) is 0 Å². The molecule has 0 aromatic heterocycles. The Morgan fingerprint density at radius 3 is 2.00 bits per heavy atom. The summed E-state index contributed by atoms with van der Waals surface area (Å²) in [6.45, 7) is 1.53. The number of anilines is 1. The smallest absolute Gasteiger partial charge is 0.399 e. The number of hydrogen-bond donors (Lipinski definition) is 2. The second-order valence-corrected chi connectivity index (χ2v) is 7.60. The number of halogens is 6. The predicted octanol–water partition coefficient (Wildman–Crippen LogP) is 3.54. The maximum atomic E-state index is 13.1. The van der Waals surface area contributed by atoms with Crippen molar-refractivity contribution in [3.05, 3.63) is 65.2 Å². The van der Waals surface area contributed by atoms with E-state index in [4.69, 9.17) is 5.73 Å². The van der Waals surface area contributed by atoms with Gasteiger partial charge >= 0.3 is 12.4 Å². The highest BCUT2D eigenvalue weighted by molar-refractivity contribution is 5.94. The molecule has 32 heavy (non-hydrogen) atoms. The number of hydrogen-bond acceptors (Lipinski definition) is 4. The molecular weight excluding hydrogens is 440 g/mol. The van der Waals surface area contributed by atoms with Gasteiger partial charge in [0.05, 0.1) is 0 Å². The normalized spacial score (nSPS) is 16.3. The van der Waals surface area contributed by atoms with E-state index in [-0.39, 0.29) is 18.0 Å². The van der Waals surface area contributed by atoms with E-state index in [0.29, 0.717) is 49.6 Å². The van der Waals surface area contributed by atoms with E-state index in [0.717, 1.165) is 6.07 Å². The van der Waals surface area contributed by atoms with Gasteiger partial charge in [-0.2, -0.15) is 26.3 Å². The molecular formula is C21H21F6N3O2. The highest BCUT2D eigenvalue weighted by Gasteiger charge is 2.71. The summed E-state index contributed by atoms with van der Waals surface area (Å²) in [6.07, 6.45) is -11.9. The van der Waals surface area contributed by atoms with Crippen molar-refractivity contribution in [1.29, 1.82) is 0 Å². The van der Waals surface area contributed by atoms with E-state index in [1.165, 1.54) is 6.07 Å². The van der Waals surface area contributed by atoms with Gasteiger partial charge in [-0.1, -0.05) is 24.3 Å². The number of nitrogens with zero attached hydrogens (tertiary/aromatic N) is 2. The lowest BCUT2D eigenvalue weighted by molar-refractivity contribution is -0.376. The minimum atomic E-state index is -5.93. The summed E-state index contributed by atoms with van der Waals surface area (Å²) < 4.78 is 78.8. The summed E-state index contributed by atoms with van der Waals surface area (Å²) in [5.74, 6) is -0.188. The van der Waals surface area contributed by atoms with Crippen LogP contribution in [0.5, 0.6) is 0 Å². The first-order valence-corrected chi connectivity index (χ1v) is 9.65. The number of carbonyl (C=O) groups excluding carboxylic acids is 1. The lowest BCUT2D eigenvalue weighted by atomic mass is 9.91. The van der Waals surface area contributed by atoms with E-state index < -0.39 is 23.5 Å². The summed E-state index contributed by atoms with van der Waals surface area (Å²) in [7, 11) is 0. The molecule has 1 heterocycles. The number of aliphatic hydroxyl groups is 1. The number of nitrogen functional groups attached to an aromatic ring is 1. The van der Waals surface area contributed by atoms with Gasteiger partial charge in [-0.15, -0.1) is 0 Å². The molecule has 11 heteroatoms.